The van der Waals surface area contributed by atoms with Crippen LogP contribution in [0.25, 0.3) is 33.6 Å². The van der Waals surface area contributed by atoms with E-state index >= 15 is 0 Å². The van der Waals surface area contributed by atoms with E-state index in [0.29, 0.717) is 5.56 Å². The first kappa shape index (κ1) is 22.1. The maximum absolute atomic E-state index is 12.6. The molecule has 0 aliphatic rings. The Hall–Kier alpha value is -4.06. The summed E-state index contributed by atoms with van der Waals surface area (Å²) in [6.45, 7) is 5.90. The molecule has 6 heteroatoms. The second-order valence-corrected chi connectivity index (χ2v) is 8.84. The first-order chi connectivity index (χ1) is 15.8. The SMILES string of the molecule is CNc1cc(-c2cncc(-c3cccc(C(=O)NC(C)(C)C)c3)c2)cc(-c2ccccn2)n1. The molecule has 0 atom stereocenters. The van der Waals surface area contributed by atoms with Crippen LogP contribution in [0.4, 0.5) is 5.82 Å². The lowest BCUT2D eigenvalue weighted by Gasteiger charge is -2.20. The van der Waals surface area contributed by atoms with Crippen molar-refractivity contribution in [1.82, 2.24) is 20.3 Å². The van der Waals surface area contributed by atoms with E-state index in [-0.39, 0.29) is 11.4 Å². The Morgan fingerprint density at radius 3 is 2.30 bits per heavy atom. The summed E-state index contributed by atoms with van der Waals surface area (Å²) >= 11 is 0. The first-order valence-corrected chi connectivity index (χ1v) is 10.8. The molecule has 0 radical (unpaired) electrons. The highest BCUT2D eigenvalue weighted by Crippen LogP contribution is 2.30. The van der Waals surface area contributed by atoms with Crippen LogP contribution < -0.4 is 10.6 Å². The second-order valence-electron chi connectivity index (χ2n) is 8.84. The van der Waals surface area contributed by atoms with E-state index in [4.69, 9.17) is 0 Å². The van der Waals surface area contributed by atoms with Gasteiger partial charge in [0.2, 0.25) is 0 Å². The van der Waals surface area contributed by atoms with Crippen molar-refractivity contribution in [3.63, 3.8) is 0 Å². The number of hydrogen-bond donors (Lipinski definition) is 2. The van der Waals surface area contributed by atoms with Gasteiger partial charge >= 0.3 is 0 Å². The number of amides is 1. The van der Waals surface area contributed by atoms with Gasteiger partial charge in [-0.05, 0) is 74.4 Å². The molecule has 0 saturated heterocycles. The molecule has 0 unspecified atom stereocenters. The van der Waals surface area contributed by atoms with Crippen LogP contribution >= 0.6 is 0 Å². The predicted molar refractivity (Wildman–Crippen MR) is 133 cm³/mol. The van der Waals surface area contributed by atoms with Crippen LogP contribution in [0.2, 0.25) is 0 Å². The van der Waals surface area contributed by atoms with Gasteiger partial charge in [0, 0.05) is 47.9 Å². The summed E-state index contributed by atoms with van der Waals surface area (Å²) < 4.78 is 0. The number of rotatable bonds is 5. The van der Waals surface area contributed by atoms with Gasteiger partial charge in [0.15, 0.2) is 0 Å². The molecule has 3 heterocycles. The summed E-state index contributed by atoms with van der Waals surface area (Å²) in [6.07, 6.45) is 5.40. The molecule has 0 fully saturated rings. The number of aromatic nitrogens is 3. The first-order valence-electron chi connectivity index (χ1n) is 10.8. The molecule has 166 valence electrons. The third-order valence-corrected chi connectivity index (χ3v) is 5.03. The van der Waals surface area contributed by atoms with Crippen molar-refractivity contribution >= 4 is 11.7 Å². The van der Waals surface area contributed by atoms with E-state index < -0.39 is 0 Å². The maximum atomic E-state index is 12.6. The molecular weight excluding hydrogens is 410 g/mol. The Labute approximate surface area is 194 Å². The smallest absolute Gasteiger partial charge is 0.251 e. The van der Waals surface area contributed by atoms with Gasteiger partial charge in [-0.1, -0.05) is 18.2 Å². The van der Waals surface area contributed by atoms with Crippen LogP contribution in [0.3, 0.4) is 0 Å². The highest BCUT2D eigenvalue weighted by Gasteiger charge is 2.16. The molecule has 6 nitrogen and oxygen atoms in total. The van der Waals surface area contributed by atoms with Crippen molar-refractivity contribution in [1.29, 1.82) is 0 Å². The van der Waals surface area contributed by atoms with Gasteiger partial charge in [-0.2, -0.15) is 0 Å². The number of pyridine rings is 3. The zero-order valence-electron chi connectivity index (χ0n) is 19.3. The zero-order chi connectivity index (χ0) is 23.4. The molecular formula is C27H27N5O. The van der Waals surface area contributed by atoms with Crippen molar-refractivity contribution in [2.24, 2.45) is 0 Å². The molecule has 1 aromatic carbocycles. The van der Waals surface area contributed by atoms with Crippen molar-refractivity contribution < 1.29 is 4.79 Å². The fraction of sp³-hybridized carbons (Fsp3) is 0.185. The van der Waals surface area contributed by atoms with Gasteiger partial charge in [0.05, 0.1) is 11.4 Å². The second kappa shape index (κ2) is 9.20. The van der Waals surface area contributed by atoms with Crippen LogP contribution in [-0.4, -0.2) is 33.4 Å². The number of hydrogen-bond acceptors (Lipinski definition) is 5. The Morgan fingerprint density at radius 1 is 0.818 bits per heavy atom. The lowest BCUT2D eigenvalue weighted by atomic mass is 9.99. The summed E-state index contributed by atoms with van der Waals surface area (Å²) in [6, 6.07) is 19.4. The van der Waals surface area contributed by atoms with E-state index in [0.717, 1.165) is 39.5 Å². The minimum Gasteiger partial charge on any atom is -0.373 e. The Balaban J connectivity index is 1.71. The molecule has 0 spiro atoms. The highest BCUT2D eigenvalue weighted by atomic mass is 16.1. The van der Waals surface area contributed by atoms with Crippen molar-refractivity contribution in [3.05, 3.63) is 84.8 Å². The number of nitrogens with zero attached hydrogens (tertiary/aromatic N) is 3. The number of carbonyl (C=O) groups excluding carboxylic acids is 1. The fourth-order valence-electron chi connectivity index (χ4n) is 3.48. The lowest BCUT2D eigenvalue weighted by molar-refractivity contribution is 0.0919. The van der Waals surface area contributed by atoms with Crippen molar-refractivity contribution in [3.8, 4) is 33.6 Å². The van der Waals surface area contributed by atoms with Crippen LogP contribution in [0.15, 0.2) is 79.3 Å². The van der Waals surface area contributed by atoms with Crippen molar-refractivity contribution in [2.45, 2.75) is 26.3 Å². The molecule has 0 saturated carbocycles. The quantitative estimate of drug-likeness (QED) is 0.434. The van der Waals surface area contributed by atoms with E-state index in [1.807, 2.05) is 94.8 Å². The number of anilines is 1. The molecule has 0 aliphatic carbocycles. The fourth-order valence-corrected chi connectivity index (χ4v) is 3.48. The van der Waals surface area contributed by atoms with E-state index in [2.05, 4.69) is 31.7 Å². The minimum atomic E-state index is -0.299. The molecule has 0 aliphatic heterocycles. The van der Waals surface area contributed by atoms with Gasteiger partial charge in [0.1, 0.15) is 5.82 Å². The number of carbonyl (C=O) groups is 1. The number of benzene rings is 1. The standard InChI is InChI=1S/C27H27N5O/c1-27(2,3)32-26(33)19-9-7-8-18(12-19)21-13-22(17-29-16-21)20-14-24(31-25(15-20)28-4)23-10-5-6-11-30-23/h5-17H,1-4H3,(H,28,31)(H,32,33). The Bertz CT molecular complexity index is 1280. The van der Waals surface area contributed by atoms with Crippen LogP contribution in [0, 0.1) is 0 Å². The average Bonchev–Trinajstić information content (AvgIpc) is 2.83. The molecule has 0 bridgehead atoms. The predicted octanol–water partition coefficient (Wildman–Crippen LogP) is 5.44. The topological polar surface area (TPSA) is 79.8 Å². The zero-order valence-corrected chi connectivity index (χ0v) is 19.3. The molecule has 1 amide bonds. The normalized spacial score (nSPS) is 11.2. The summed E-state index contributed by atoms with van der Waals surface area (Å²) in [7, 11) is 1.84. The summed E-state index contributed by atoms with van der Waals surface area (Å²) in [4.78, 5) is 26.2. The highest BCUT2D eigenvalue weighted by molar-refractivity contribution is 5.96. The van der Waals surface area contributed by atoms with Gasteiger partial charge < -0.3 is 10.6 Å². The third-order valence-electron chi connectivity index (χ3n) is 5.03. The molecule has 4 rings (SSSR count). The minimum absolute atomic E-state index is 0.0961. The largest absolute Gasteiger partial charge is 0.373 e. The van der Waals surface area contributed by atoms with Crippen LogP contribution in [0.1, 0.15) is 31.1 Å². The van der Waals surface area contributed by atoms with Crippen molar-refractivity contribution in [2.75, 3.05) is 12.4 Å². The summed E-state index contributed by atoms with van der Waals surface area (Å²) in [5, 5.41) is 6.14. The van der Waals surface area contributed by atoms with Gasteiger partial charge in [-0.3, -0.25) is 14.8 Å². The monoisotopic (exact) mass is 437 g/mol. The van der Waals surface area contributed by atoms with Crippen LogP contribution in [0.5, 0.6) is 0 Å². The van der Waals surface area contributed by atoms with Gasteiger partial charge in [-0.15, -0.1) is 0 Å². The van der Waals surface area contributed by atoms with E-state index in [1.54, 1.807) is 6.20 Å². The molecule has 2 N–H and O–H groups in total. The van der Waals surface area contributed by atoms with Gasteiger partial charge in [0.25, 0.3) is 5.91 Å². The molecule has 4 aromatic rings. The third kappa shape index (κ3) is 5.41. The van der Waals surface area contributed by atoms with E-state index in [1.165, 1.54) is 0 Å². The Kier molecular flexibility index (Phi) is 6.18. The maximum Gasteiger partial charge on any atom is 0.251 e. The van der Waals surface area contributed by atoms with Crippen LogP contribution in [-0.2, 0) is 0 Å². The molecule has 33 heavy (non-hydrogen) atoms. The van der Waals surface area contributed by atoms with Gasteiger partial charge in [-0.25, -0.2) is 4.98 Å². The summed E-state index contributed by atoms with van der Waals surface area (Å²) in [5.41, 5.74) is 5.69. The lowest BCUT2D eigenvalue weighted by Crippen LogP contribution is -2.40. The average molecular weight is 438 g/mol. The Morgan fingerprint density at radius 2 is 1.61 bits per heavy atom. The number of nitrogens with one attached hydrogen (secondary N) is 2. The van der Waals surface area contributed by atoms with E-state index in [9.17, 15) is 4.79 Å². The molecule has 3 aromatic heterocycles. The summed E-state index contributed by atoms with van der Waals surface area (Å²) in [5.74, 6) is 0.653.